The van der Waals surface area contributed by atoms with Gasteiger partial charge in [0.2, 0.25) is 10.0 Å². The third kappa shape index (κ3) is 5.94. The van der Waals surface area contributed by atoms with E-state index in [2.05, 4.69) is 15.1 Å². The van der Waals surface area contributed by atoms with Crippen LogP contribution in [0.4, 0.5) is 5.69 Å². The summed E-state index contributed by atoms with van der Waals surface area (Å²) in [5, 5.41) is 4.68. The van der Waals surface area contributed by atoms with Crippen molar-refractivity contribution in [1.82, 2.24) is 9.99 Å². The van der Waals surface area contributed by atoms with Crippen LogP contribution in [0.2, 0.25) is 5.02 Å². The maximum absolute atomic E-state index is 12.4. The van der Waals surface area contributed by atoms with Crippen LogP contribution in [-0.4, -0.2) is 45.0 Å². The zero-order valence-electron chi connectivity index (χ0n) is 18.7. The molecule has 10 heteroatoms. The van der Waals surface area contributed by atoms with Gasteiger partial charge in [0.05, 0.1) is 25.3 Å². The monoisotopic (exact) mass is 488 g/mol. The van der Waals surface area contributed by atoms with E-state index in [4.69, 9.17) is 16.3 Å². The number of aromatic nitrogens is 1. The lowest BCUT2D eigenvalue weighted by Crippen LogP contribution is -2.39. The van der Waals surface area contributed by atoms with Crippen LogP contribution in [0.15, 0.2) is 59.7 Å². The van der Waals surface area contributed by atoms with Crippen LogP contribution in [-0.2, 0) is 14.8 Å². The van der Waals surface area contributed by atoms with Crippen molar-refractivity contribution in [2.75, 3.05) is 24.2 Å². The van der Waals surface area contributed by atoms with Crippen molar-refractivity contribution in [3.63, 3.8) is 0 Å². The summed E-state index contributed by atoms with van der Waals surface area (Å²) in [4.78, 5) is 12.4. The predicted octanol–water partition coefficient (Wildman–Crippen LogP) is 3.67. The number of amides is 1. The van der Waals surface area contributed by atoms with Gasteiger partial charge in [-0.15, -0.1) is 0 Å². The van der Waals surface area contributed by atoms with Gasteiger partial charge in [0.1, 0.15) is 12.3 Å². The molecular formula is C23H25ClN4O4S. The van der Waals surface area contributed by atoms with E-state index in [9.17, 15) is 13.2 Å². The van der Waals surface area contributed by atoms with Crippen molar-refractivity contribution >= 4 is 39.4 Å². The van der Waals surface area contributed by atoms with E-state index in [1.165, 1.54) is 13.3 Å². The minimum absolute atomic E-state index is 0.351. The van der Waals surface area contributed by atoms with E-state index in [1.54, 1.807) is 24.3 Å². The topological polar surface area (TPSA) is 93.0 Å². The van der Waals surface area contributed by atoms with Crippen molar-refractivity contribution in [1.29, 1.82) is 0 Å². The number of hydrazone groups is 1. The first-order chi connectivity index (χ1) is 15.6. The zero-order valence-corrected chi connectivity index (χ0v) is 20.3. The van der Waals surface area contributed by atoms with Crippen LogP contribution in [0.25, 0.3) is 5.69 Å². The van der Waals surface area contributed by atoms with Crippen molar-refractivity contribution < 1.29 is 17.9 Å². The summed E-state index contributed by atoms with van der Waals surface area (Å²) in [5.41, 5.74) is 6.46. The van der Waals surface area contributed by atoms with Gasteiger partial charge >= 0.3 is 0 Å². The van der Waals surface area contributed by atoms with Gasteiger partial charge in [0, 0.05) is 27.7 Å². The Hall–Kier alpha value is -3.30. The van der Waals surface area contributed by atoms with Crippen LogP contribution in [0.1, 0.15) is 17.0 Å². The van der Waals surface area contributed by atoms with Crippen molar-refractivity contribution in [2.24, 2.45) is 5.10 Å². The number of ether oxygens (including phenoxy) is 1. The normalized spacial score (nSPS) is 11.5. The molecule has 0 aliphatic carbocycles. The Morgan fingerprint density at radius 2 is 1.79 bits per heavy atom. The minimum atomic E-state index is -3.69. The largest absolute Gasteiger partial charge is 0.497 e. The molecule has 8 nitrogen and oxygen atoms in total. The number of hydrogen-bond donors (Lipinski definition) is 1. The summed E-state index contributed by atoms with van der Waals surface area (Å²) < 4.78 is 32.6. The fraction of sp³-hybridized carbons (Fsp3) is 0.217. The fourth-order valence-corrected chi connectivity index (χ4v) is 4.38. The second-order valence-electron chi connectivity index (χ2n) is 7.40. The van der Waals surface area contributed by atoms with Crippen LogP contribution < -0.4 is 14.5 Å². The Balaban J connectivity index is 1.72. The number of methoxy groups -OCH3 is 1. The number of sulfonamides is 1. The van der Waals surface area contributed by atoms with Gasteiger partial charge in [-0.1, -0.05) is 11.6 Å². The minimum Gasteiger partial charge on any atom is -0.497 e. The van der Waals surface area contributed by atoms with E-state index in [0.29, 0.717) is 16.5 Å². The summed E-state index contributed by atoms with van der Waals surface area (Å²) in [5.74, 6) is 0.0106. The molecule has 1 N–H and O–H groups in total. The predicted molar refractivity (Wildman–Crippen MR) is 131 cm³/mol. The molecule has 0 saturated carbocycles. The van der Waals surface area contributed by atoms with E-state index in [1.807, 2.05) is 44.2 Å². The Kier molecular flexibility index (Phi) is 7.45. The molecule has 174 valence electrons. The van der Waals surface area contributed by atoms with Crippen LogP contribution in [0.5, 0.6) is 5.75 Å². The molecule has 2 aromatic carbocycles. The molecule has 0 unspecified atom stereocenters. The molecule has 3 aromatic rings. The summed E-state index contributed by atoms with van der Waals surface area (Å²) >= 11 is 5.98. The van der Waals surface area contributed by atoms with Gasteiger partial charge in [-0.25, -0.2) is 13.8 Å². The van der Waals surface area contributed by atoms with Gasteiger partial charge in [0.15, 0.2) is 0 Å². The summed E-state index contributed by atoms with van der Waals surface area (Å²) in [7, 11) is -2.17. The smallest absolute Gasteiger partial charge is 0.260 e. The molecule has 0 aliphatic heterocycles. The Labute approximate surface area is 198 Å². The summed E-state index contributed by atoms with van der Waals surface area (Å²) in [6.07, 6.45) is 2.57. The lowest BCUT2D eigenvalue weighted by molar-refractivity contribution is -0.119. The molecule has 1 heterocycles. The standard InChI is InChI=1S/C23H25ClN4O4S/c1-16-13-18(17(2)28(16)21-7-5-19(24)6-8-21)14-25-26-23(29)15-27(33(4,30)31)20-9-11-22(32-3)12-10-20/h5-14H,15H2,1-4H3,(H,26,29). The molecule has 33 heavy (non-hydrogen) atoms. The van der Waals surface area contributed by atoms with Crippen LogP contribution in [0.3, 0.4) is 0 Å². The quantitative estimate of drug-likeness (QED) is 0.386. The number of nitrogens with one attached hydrogen (secondary N) is 1. The second-order valence-corrected chi connectivity index (χ2v) is 9.74. The molecule has 0 aliphatic rings. The van der Waals surface area contributed by atoms with E-state index < -0.39 is 22.5 Å². The van der Waals surface area contributed by atoms with Crippen LogP contribution in [0, 0.1) is 13.8 Å². The van der Waals surface area contributed by atoms with Gasteiger partial charge in [-0.3, -0.25) is 9.10 Å². The zero-order chi connectivity index (χ0) is 24.2. The highest BCUT2D eigenvalue weighted by molar-refractivity contribution is 7.92. The van der Waals surface area contributed by atoms with Gasteiger partial charge < -0.3 is 9.30 Å². The summed E-state index contributed by atoms with van der Waals surface area (Å²) in [6.45, 7) is 3.50. The number of aryl methyl sites for hydroxylation is 1. The first kappa shape index (κ1) is 24.3. The lowest BCUT2D eigenvalue weighted by atomic mass is 10.2. The Morgan fingerprint density at radius 1 is 1.15 bits per heavy atom. The molecule has 0 fully saturated rings. The molecule has 0 radical (unpaired) electrons. The molecule has 0 atom stereocenters. The lowest BCUT2D eigenvalue weighted by Gasteiger charge is -2.21. The third-order valence-corrected chi connectivity index (χ3v) is 6.39. The molecule has 1 amide bonds. The second kappa shape index (κ2) is 10.1. The highest BCUT2D eigenvalue weighted by Gasteiger charge is 2.20. The number of rotatable bonds is 8. The van der Waals surface area contributed by atoms with Crippen molar-refractivity contribution in [3.8, 4) is 11.4 Å². The number of hydrogen-bond acceptors (Lipinski definition) is 5. The van der Waals surface area contributed by atoms with Crippen LogP contribution >= 0.6 is 11.6 Å². The fourth-order valence-electron chi connectivity index (χ4n) is 3.39. The van der Waals surface area contributed by atoms with E-state index in [-0.39, 0.29) is 0 Å². The Morgan fingerprint density at radius 3 is 2.36 bits per heavy atom. The average Bonchev–Trinajstić information content (AvgIpc) is 3.05. The van der Waals surface area contributed by atoms with E-state index >= 15 is 0 Å². The Bertz CT molecular complexity index is 1270. The number of benzene rings is 2. The first-order valence-electron chi connectivity index (χ1n) is 9.98. The average molecular weight is 489 g/mol. The maximum atomic E-state index is 12.4. The van der Waals surface area contributed by atoms with Gasteiger partial charge in [-0.05, 0) is 68.4 Å². The molecule has 1 aromatic heterocycles. The van der Waals surface area contributed by atoms with E-state index in [0.717, 1.165) is 33.2 Å². The first-order valence-corrected chi connectivity index (χ1v) is 12.2. The molecule has 3 rings (SSSR count). The number of carbonyl (C=O) groups is 1. The van der Waals surface area contributed by atoms with Gasteiger partial charge in [0.25, 0.3) is 5.91 Å². The maximum Gasteiger partial charge on any atom is 0.260 e. The highest BCUT2D eigenvalue weighted by atomic mass is 35.5. The summed E-state index contributed by atoms with van der Waals surface area (Å²) in [6, 6.07) is 15.8. The number of halogens is 1. The molecule has 0 spiro atoms. The SMILES string of the molecule is COc1ccc(N(CC(=O)NN=Cc2cc(C)n(-c3ccc(Cl)cc3)c2C)S(C)(=O)=O)cc1. The highest BCUT2D eigenvalue weighted by Crippen LogP contribution is 2.22. The molecule has 0 saturated heterocycles. The van der Waals surface area contributed by atoms with Gasteiger partial charge in [-0.2, -0.15) is 5.10 Å². The number of anilines is 1. The van der Waals surface area contributed by atoms with Crippen molar-refractivity contribution in [2.45, 2.75) is 13.8 Å². The number of carbonyl (C=O) groups excluding carboxylic acids is 1. The number of nitrogens with zero attached hydrogens (tertiary/aromatic N) is 3. The van der Waals surface area contributed by atoms with Crippen molar-refractivity contribution in [3.05, 3.63) is 76.6 Å². The third-order valence-electron chi connectivity index (χ3n) is 5.00. The molecule has 0 bridgehead atoms. The molecular weight excluding hydrogens is 464 g/mol.